The van der Waals surface area contributed by atoms with Gasteiger partial charge in [-0.15, -0.1) is 0 Å². The van der Waals surface area contributed by atoms with Crippen LogP contribution in [0.25, 0.3) is 0 Å². The third-order valence-corrected chi connectivity index (χ3v) is 4.27. The Morgan fingerprint density at radius 3 is 3.04 bits per heavy atom. The van der Waals surface area contributed by atoms with Gasteiger partial charge < -0.3 is 9.64 Å². The number of hydrogen-bond acceptors (Lipinski definition) is 4. The fourth-order valence-corrected chi connectivity index (χ4v) is 3.11. The molecule has 1 aliphatic rings. The Labute approximate surface area is 136 Å². The Hall–Kier alpha value is -2.21. The second kappa shape index (κ2) is 6.91. The van der Waals surface area contributed by atoms with E-state index in [2.05, 4.69) is 10.1 Å². The summed E-state index contributed by atoms with van der Waals surface area (Å²) in [7, 11) is 1.84. The van der Waals surface area contributed by atoms with Gasteiger partial charge >= 0.3 is 0 Å². The number of carbonyl (C=O) groups excluding carboxylic acids is 1. The highest BCUT2D eigenvalue weighted by Gasteiger charge is 2.38. The van der Waals surface area contributed by atoms with E-state index in [9.17, 15) is 4.79 Å². The largest absolute Gasteiger partial charge is 0.371 e. The molecule has 0 bridgehead atoms. The van der Waals surface area contributed by atoms with Gasteiger partial charge in [-0.3, -0.25) is 14.5 Å². The van der Waals surface area contributed by atoms with Gasteiger partial charge in [0.05, 0.1) is 11.6 Å². The van der Waals surface area contributed by atoms with Crippen molar-refractivity contribution in [1.29, 1.82) is 0 Å². The molecule has 23 heavy (non-hydrogen) atoms. The van der Waals surface area contributed by atoms with Crippen LogP contribution >= 0.6 is 0 Å². The summed E-state index contributed by atoms with van der Waals surface area (Å²) in [5.74, 6) is -0.0427. The average molecular weight is 314 g/mol. The first kappa shape index (κ1) is 15.7. The number of carbonyl (C=O) groups is 1. The van der Waals surface area contributed by atoms with Gasteiger partial charge in [-0.25, -0.2) is 0 Å². The summed E-state index contributed by atoms with van der Waals surface area (Å²) < 4.78 is 7.75. The smallest absolute Gasteiger partial charge is 0.228 e. The van der Waals surface area contributed by atoms with E-state index in [1.54, 1.807) is 23.5 Å². The molecule has 0 aromatic carbocycles. The summed E-state index contributed by atoms with van der Waals surface area (Å²) in [5, 5.41) is 4.29. The molecule has 0 radical (unpaired) electrons. The maximum Gasteiger partial charge on any atom is 0.228 e. The van der Waals surface area contributed by atoms with E-state index in [1.165, 1.54) is 0 Å². The SMILES string of the molecule is CCn1nccc1[C@@H]1OCC[C@H]1C(=O)N(C)Cc1cccnc1. The van der Waals surface area contributed by atoms with E-state index < -0.39 is 0 Å². The molecule has 122 valence electrons. The van der Waals surface area contributed by atoms with Crippen molar-refractivity contribution < 1.29 is 9.53 Å². The number of pyridine rings is 1. The molecule has 2 atom stereocenters. The maximum atomic E-state index is 12.9. The molecule has 1 aliphatic heterocycles. The predicted octanol–water partition coefficient (Wildman–Crippen LogP) is 2.03. The van der Waals surface area contributed by atoms with Gasteiger partial charge in [-0.05, 0) is 31.0 Å². The van der Waals surface area contributed by atoms with Gasteiger partial charge in [-0.2, -0.15) is 5.10 Å². The number of nitrogens with zero attached hydrogens (tertiary/aromatic N) is 4. The van der Waals surface area contributed by atoms with Crippen LogP contribution in [0.3, 0.4) is 0 Å². The van der Waals surface area contributed by atoms with E-state index in [-0.39, 0.29) is 17.9 Å². The van der Waals surface area contributed by atoms with E-state index in [0.717, 1.165) is 24.2 Å². The fraction of sp³-hybridized carbons (Fsp3) is 0.471. The minimum Gasteiger partial charge on any atom is -0.371 e. The Morgan fingerprint density at radius 1 is 1.43 bits per heavy atom. The monoisotopic (exact) mass is 314 g/mol. The van der Waals surface area contributed by atoms with Crippen molar-refractivity contribution in [3.8, 4) is 0 Å². The van der Waals surface area contributed by atoms with Gasteiger partial charge in [0.1, 0.15) is 6.10 Å². The lowest BCUT2D eigenvalue weighted by Gasteiger charge is -2.24. The van der Waals surface area contributed by atoms with Crippen LogP contribution in [0.5, 0.6) is 0 Å². The summed E-state index contributed by atoms with van der Waals surface area (Å²) in [6.45, 7) is 3.98. The van der Waals surface area contributed by atoms with Gasteiger partial charge in [-0.1, -0.05) is 6.07 Å². The molecule has 0 N–H and O–H groups in total. The second-order valence-corrected chi connectivity index (χ2v) is 5.81. The molecule has 1 fully saturated rings. The molecule has 6 nitrogen and oxygen atoms in total. The van der Waals surface area contributed by atoms with Crippen LogP contribution in [0, 0.1) is 5.92 Å². The number of hydrogen-bond donors (Lipinski definition) is 0. The number of aromatic nitrogens is 3. The van der Waals surface area contributed by atoms with E-state index in [1.807, 2.05) is 36.9 Å². The molecular formula is C17H22N4O2. The standard InChI is InChI=1S/C17H22N4O2/c1-3-21-15(6-9-19-21)16-14(7-10-23-16)17(22)20(2)12-13-5-4-8-18-11-13/h4-6,8-9,11,14,16H,3,7,10,12H2,1-2H3/t14-,16-/m1/s1. The molecule has 0 unspecified atom stereocenters. The van der Waals surface area contributed by atoms with Crippen LogP contribution in [-0.4, -0.2) is 39.2 Å². The van der Waals surface area contributed by atoms with Gasteiger partial charge in [0, 0.05) is 45.3 Å². The first-order valence-electron chi connectivity index (χ1n) is 7.98. The number of aryl methyl sites for hydroxylation is 1. The van der Waals surface area contributed by atoms with Crippen molar-refractivity contribution in [2.24, 2.45) is 5.92 Å². The third kappa shape index (κ3) is 3.27. The third-order valence-electron chi connectivity index (χ3n) is 4.27. The first-order chi connectivity index (χ1) is 11.2. The second-order valence-electron chi connectivity index (χ2n) is 5.81. The van der Waals surface area contributed by atoms with Crippen LogP contribution < -0.4 is 0 Å². The molecule has 1 amide bonds. The summed E-state index contributed by atoms with van der Waals surface area (Å²) in [6, 6.07) is 5.81. The van der Waals surface area contributed by atoms with E-state index in [0.29, 0.717) is 13.2 Å². The van der Waals surface area contributed by atoms with Gasteiger partial charge in [0.2, 0.25) is 5.91 Å². The molecule has 2 aromatic rings. The zero-order valence-electron chi connectivity index (χ0n) is 13.6. The van der Waals surface area contributed by atoms with Crippen molar-refractivity contribution in [3.05, 3.63) is 48.0 Å². The minimum atomic E-state index is -0.207. The van der Waals surface area contributed by atoms with Crippen LogP contribution in [0.4, 0.5) is 0 Å². The van der Waals surface area contributed by atoms with Crippen molar-refractivity contribution in [2.75, 3.05) is 13.7 Å². The summed E-state index contributed by atoms with van der Waals surface area (Å²) in [4.78, 5) is 18.7. The van der Waals surface area contributed by atoms with E-state index >= 15 is 0 Å². The van der Waals surface area contributed by atoms with Crippen molar-refractivity contribution in [2.45, 2.75) is 32.5 Å². The molecule has 3 heterocycles. The average Bonchev–Trinajstić information content (AvgIpc) is 3.23. The zero-order chi connectivity index (χ0) is 16.2. The molecule has 2 aromatic heterocycles. The summed E-state index contributed by atoms with van der Waals surface area (Å²) >= 11 is 0. The molecule has 1 saturated heterocycles. The minimum absolute atomic E-state index is 0.111. The van der Waals surface area contributed by atoms with Crippen LogP contribution in [0.1, 0.15) is 30.7 Å². The highest BCUT2D eigenvalue weighted by atomic mass is 16.5. The lowest BCUT2D eigenvalue weighted by molar-refractivity contribution is -0.136. The fourth-order valence-electron chi connectivity index (χ4n) is 3.11. The Morgan fingerprint density at radius 2 is 2.30 bits per heavy atom. The molecule has 6 heteroatoms. The summed E-state index contributed by atoms with van der Waals surface area (Å²) in [6.07, 6.45) is 5.83. The summed E-state index contributed by atoms with van der Waals surface area (Å²) in [5.41, 5.74) is 2.01. The Bertz CT molecular complexity index is 656. The Kier molecular flexibility index (Phi) is 4.71. The molecule has 0 saturated carbocycles. The molecular weight excluding hydrogens is 292 g/mol. The Balaban J connectivity index is 1.73. The quantitative estimate of drug-likeness (QED) is 0.847. The highest BCUT2D eigenvalue weighted by molar-refractivity contribution is 5.79. The lowest BCUT2D eigenvalue weighted by Crippen LogP contribution is -2.34. The van der Waals surface area contributed by atoms with Gasteiger partial charge in [0.15, 0.2) is 0 Å². The van der Waals surface area contributed by atoms with Crippen molar-refractivity contribution in [3.63, 3.8) is 0 Å². The number of ether oxygens (including phenoxy) is 1. The predicted molar refractivity (Wildman–Crippen MR) is 85.4 cm³/mol. The van der Waals surface area contributed by atoms with Crippen LogP contribution in [-0.2, 0) is 22.6 Å². The van der Waals surface area contributed by atoms with Gasteiger partial charge in [0.25, 0.3) is 0 Å². The van der Waals surface area contributed by atoms with Crippen LogP contribution in [0.2, 0.25) is 0 Å². The molecule has 0 spiro atoms. The first-order valence-corrected chi connectivity index (χ1v) is 7.98. The lowest BCUT2D eigenvalue weighted by atomic mass is 9.97. The number of rotatable bonds is 5. The normalized spacial score (nSPS) is 20.6. The van der Waals surface area contributed by atoms with E-state index in [4.69, 9.17) is 4.74 Å². The zero-order valence-corrected chi connectivity index (χ0v) is 13.6. The maximum absolute atomic E-state index is 12.9. The number of amides is 1. The highest BCUT2D eigenvalue weighted by Crippen LogP contribution is 2.35. The topological polar surface area (TPSA) is 60.3 Å². The van der Waals surface area contributed by atoms with Crippen molar-refractivity contribution >= 4 is 5.91 Å². The van der Waals surface area contributed by atoms with Crippen LogP contribution in [0.15, 0.2) is 36.8 Å². The molecule has 0 aliphatic carbocycles. The molecule has 3 rings (SSSR count). The van der Waals surface area contributed by atoms with Crippen molar-refractivity contribution in [1.82, 2.24) is 19.7 Å².